The van der Waals surface area contributed by atoms with E-state index in [0.29, 0.717) is 11.1 Å². The van der Waals surface area contributed by atoms with Crippen molar-refractivity contribution in [1.29, 1.82) is 0 Å². The molecule has 0 spiro atoms. The van der Waals surface area contributed by atoms with Gasteiger partial charge in [0, 0.05) is 0 Å². The lowest BCUT2D eigenvalue weighted by Crippen LogP contribution is -2.22. The summed E-state index contributed by atoms with van der Waals surface area (Å²) in [5.41, 5.74) is 10.3. The molecule has 13 heavy (non-hydrogen) atoms. The van der Waals surface area contributed by atoms with E-state index in [0.717, 1.165) is 11.8 Å². The van der Waals surface area contributed by atoms with E-state index in [9.17, 15) is 4.79 Å². The lowest BCUT2D eigenvalue weighted by Gasteiger charge is -2.00. The van der Waals surface area contributed by atoms with Gasteiger partial charge in [0.25, 0.3) is 5.22 Å². The van der Waals surface area contributed by atoms with E-state index >= 15 is 0 Å². The van der Waals surface area contributed by atoms with Crippen LogP contribution in [0.2, 0.25) is 0 Å². The van der Waals surface area contributed by atoms with Crippen LogP contribution in [0.1, 0.15) is 12.8 Å². The monoisotopic (exact) mass is 202 g/mol. The molecular formula is C6H10N4O2S. The van der Waals surface area contributed by atoms with E-state index in [1.807, 2.05) is 0 Å². The van der Waals surface area contributed by atoms with Gasteiger partial charge < -0.3 is 15.9 Å². The minimum Gasteiger partial charge on any atom is -0.415 e. The van der Waals surface area contributed by atoms with Gasteiger partial charge in [0.2, 0.25) is 11.8 Å². The van der Waals surface area contributed by atoms with Crippen LogP contribution in [0.15, 0.2) is 9.64 Å². The maximum Gasteiger partial charge on any atom is 0.277 e. The van der Waals surface area contributed by atoms with Crippen molar-refractivity contribution in [3.05, 3.63) is 5.89 Å². The topological polar surface area (TPSA) is 108 Å². The Labute approximate surface area is 79.1 Å². The maximum absolute atomic E-state index is 10.7. The minimum atomic E-state index is -0.419. The number of aromatic nitrogens is 2. The molecule has 0 fully saturated rings. The van der Waals surface area contributed by atoms with Gasteiger partial charge in [-0.1, -0.05) is 11.8 Å². The van der Waals surface area contributed by atoms with Gasteiger partial charge in [-0.2, -0.15) is 0 Å². The molecule has 1 rings (SSSR count). The molecule has 1 unspecified atom stereocenters. The number of hydrogen-bond donors (Lipinski definition) is 2. The predicted octanol–water partition coefficient (Wildman–Crippen LogP) is -0.506. The molecule has 72 valence electrons. The average molecular weight is 202 g/mol. The van der Waals surface area contributed by atoms with Gasteiger partial charge >= 0.3 is 0 Å². The van der Waals surface area contributed by atoms with Crippen molar-refractivity contribution in [2.24, 2.45) is 11.5 Å². The smallest absolute Gasteiger partial charge is 0.277 e. The summed E-state index contributed by atoms with van der Waals surface area (Å²) in [5, 5.41) is 7.23. The molecule has 0 aliphatic heterocycles. The normalized spacial score (nSPS) is 12.8. The minimum absolute atomic E-state index is 0.193. The Morgan fingerprint density at radius 3 is 2.85 bits per heavy atom. The van der Waals surface area contributed by atoms with Crippen molar-refractivity contribution < 1.29 is 9.21 Å². The fourth-order valence-corrected chi connectivity index (χ4v) is 1.23. The van der Waals surface area contributed by atoms with Gasteiger partial charge in [-0.15, -0.1) is 10.2 Å². The predicted molar refractivity (Wildman–Crippen MR) is 46.7 cm³/mol. The number of amides is 1. The fourth-order valence-electron chi connectivity index (χ4n) is 0.578. The van der Waals surface area contributed by atoms with Crippen molar-refractivity contribution in [2.75, 3.05) is 0 Å². The fraction of sp³-hybridized carbons (Fsp3) is 0.500. The molecule has 4 N–H and O–H groups in total. The zero-order chi connectivity index (χ0) is 9.84. The van der Waals surface area contributed by atoms with Gasteiger partial charge in [0.15, 0.2) is 0 Å². The highest BCUT2D eigenvalue weighted by atomic mass is 32.2. The zero-order valence-electron chi connectivity index (χ0n) is 7.06. The Bertz CT molecular complexity index is 301. The van der Waals surface area contributed by atoms with Crippen LogP contribution in [0.25, 0.3) is 0 Å². The van der Waals surface area contributed by atoms with Crippen molar-refractivity contribution in [2.45, 2.75) is 23.9 Å². The van der Waals surface area contributed by atoms with Crippen molar-refractivity contribution in [1.82, 2.24) is 10.2 Å². The molecule has 0 aliphatic carbocycles. The first-order valence-corrected chi connectivity index (χ1v) is 4.50. The van der Waals surface area contributed by atoms with Crippen LogP contribution in [0.5, 0.6) is 0 Å². The van der Waals surface area contributed by atoms with E-state index in [1.54, 1.807) is 6.92 Å². The Kier molecular flexibility index (Phi) is 3.26. The second kappa shape index (κ2) is 4.24. The first-order chi connectivity index (χ1) is 6.13. The van der Waals surface area contributed by atoms with Crippen LogP contribution in [0, 0.1) is 0 Å². The third kappa shape index (κ3) is 2.71. The van der Waals surface area contributed by atoms with Gasteiger partial charge in [-0.25, -0.2) is 0 Å². The molecule has 6 nitrogen and oxygen atoms in total. The van der Waals surface area contributed by atoms with Gasteiger partial charge in [0.1, 0.15) is 0 Å². The van der Waals surface area contributed by atoms with E-state index in [1.165, 1.54) is 0 Å². The van der Waals surface area contributed by atoms with Gasteiger partial charge in [-0.05, 0) is 6.92 Å². The summed E-state index contributed by atoms with van der Waals surface area (Å²) in [7, 11) is 0. The molecule has 0 bridgehead atoms. The van der Waals surface area contributed by atoms with Crippen LogP contribution in [-0.2, 0) is 11.3 Å². The molecule has 0 saturated heterocycles. The number of carbonyl (C=O) groups is 1. The summed E-state index contributed by atoms with van der Waals surface area (Å²) >= 11 is 1.12. The van der Waals surface area contributed by atoms with Crippen LogP contribution < -0.4 is 11.5 Å². The Morgan fingerprint density at radius 2 is 2.38 bits per heavy atom. The molecule has 0 aromatic carbocycles. The molecule has 0 saturated carbocycles. The number of carbonyl (C=O) groups excluding carboxylic acids is 1. The number of rotatable bonds is 4. The van der Waals surface area contributed by atoms with Gasteiger partial charge in [-0.3, -0.25) is 4.79 Å². The highest BCUT2D eigenvalue weighted by molar-refractivity contribution is 8.00. The first-order valence-electron chi connectivity index (χ1n) is 3.62. The largest absolute Gasteiger partial charge is 0.415 e. The summed E-state index contributed by atoms with van der Waals surface area (Å²) in [6.45, 7) is 1.86. The van der Waals surface area contributed by atoms with Crippen molar-refractivity contribution >= 4 is 17.7 Å². The Balaban J connectivity index is 2.58. The molecule has 1 aromatic heterocycles. The highest BCUT2D eigenvalue weighted by Crippen LogP contribution is 2.20. The molecule has 1 atom stereocenters. The Hall–Kier alpha value is -1.08. The number of thioether (sulfide) groups is 1. The number of nitrogens with two attached hydrogens (primary N) is 2. The summed E-state index contributed by atoms with van der Waals surface area (Å²) in [6, 6.07) is 0. The summed E-state index contributed by atoms with van der Waals surface area (Å²) in [6.07, 6.45) is 0. The standard InChI is InChI=1S/C6H10N4O2S/c1-3(5(8)11)13-6-10-9-4(2-7)12-6/h3H,2,7H2,1H3,(H2,8,11). The molecule has 1 heterocycles. The van der Waals surface area contributed by atoms with E-state index in [2.05, 4.69) is 10.2 Å². The quantitative estimate of drug-likeness (QED) is 0.637. The molecular weight excluding hydrogens is 192 g/mol. The molecule has 1 aromatic rings. The van der Waals surface area contributed by atoms with E-state index in [4.69, 9.17) is 15.9 Å². The summed E-state index contributed by atoms with van der Waals surface area (Å²) in [5.74, 6) is -0.0725. The summed E-state index contributed by atoms with van der Waals surface area (Å²) in [4.78, 5) is 10.7. The van der Waals surface area contributed by atoms with Crippen LogP contribution in [0.3, 0.4) is 0 Å². The van der Waals surface area contributed by atoms with Crippen molar-refractivity contribution in [3.8, 4) is 0 Å². The molecule has 1 amide bonds. The number of nitrogens with zero attached hydrogens (tertiary/aromatic N) is 2. The highest BCUT2D eigenvalue weighted by Gasteiger charge is 2.14. The van der Waals surface area contributed by atoms with Crippen molar-refractivity contribution in [3.63, 3.8) is 0 Å². The molecule has 0 radical (unpaired) electrons. The third-order valence-electron chi connectivity index (χ3n) is 1.30. The van der Waals surface area contributed by atoms with Crippen LogP contribution in [0.4, 0.5) is 0 Å². The molecule has 0 aliphatic rings. The zero-order valence-corrected chi connectivity index (χ0v) is 7.87. The van der Waals surface area contributed by atoms with Gasteiger partial charge in [0.05, 0.1) is 11.8 Å². The van der Waals surface area contributed by atoms with Crippen LogP contribution in [-0.4, -0.2) is 21.4 Å². The van der Waals surface area contributed by atoms with Crippen LogP contribution >= 0.6 is 11.8 Å². The Morgan fingerprint density at radius 1 is 1.69 bits per heavy atom. The number of hydrogen-bond acceptors (Lipinski definition) is 6. The molecule has 7 heteroatoms. The second-order valence-corrected chi connectivity index (χ2v) is 3.62. The van der Waals surface area contributed by atoms with E-state index in [-0.39, 0.29) is 11.8 Å². The second-order valence-electron chi connectivity index (χ2n) is 2.33. The maximum atomic E-state index is 10.7. The first kappa shape index (κ1) is 10.0. The lowest BCUT2D eigenvalue weighted by molar-refractivity contribution is -0.117. The van der Waals surface area contributed by atoms with E-state index < -0.39 is 5.91 Å². The lowest BCUT2D eigenvalue weighted by atomic mass is 10.5. The number of primary amides is 1. The SMILES string of the molecule is CC(Sc1nnc(CN)o1)C(N)=O. The average Bonchev–Trinajstić information content (AvgIpc) is 2.52. The third-order valence-corrected chi connectivity index (χ3v) is 2.25. The summed E-state index contributed by atoms with van der Waals surface area (Å²) < 4.78 is 5.06.